The Balaban J connectivity index is 1.73. The molecule has 3 rings (SSSR count). The summed E-state index contributed by atoms with van der Waals surface area (Å²) in [4.78, 5) is 26.2. The molecule has 0 aliphatic carbocycles. The Bertz CT molecular complexity index is 1140. The number of nitrogens with zero attached hydrogens (tertiary/aromatic N) is 1. The Morgan fingerprint density at radius 2 is 1.71 bits per heavy atom. The third kappa shape index (κ3) is 6.77. The topological polar surface area (TPSA) is 70.6 Å². The third-order valence-electron chi connectivity index (χ3n) is 4.07. The van der Waals surface area contributed by atoms with E-state index >= 15 is 0 Å². The molecule has 0 aliphatic heterocycles. The minimum absolute atomic E-state index is 0.0641. The van der Waals surface area contributed by atoms with Crippen molar-refractivity contribution in [1.82, 2.24) is 10.7 Å². The Kier molecular flexibility index (Phi) is 7.92. The molecule has 31 heavy (non-hydrogen) atoms. The summed E-state index contributed by atoms with van der Waals surface area (Å²) in [5, 5.41) is 8.83. The molecular formula is C24H20ClN3O2S. The highest BCUT2D eigenvalue weighted by atomic mass is 35.5. The fraction of sp³-hybridized carbons (Fsp3) is 0.0417. The van der Waals surface area contributed by atoms with Gasteiger partial charge in [0.05, 0.1) is 16.8 Å². The number of carbonyl (C=O) groups is 2. The summed E-state index contributed by atoms with van der Waals surface area (Å²) in [6.45, 7) is 1.88. The van der Waals surface area contributed by atoms with Crippen molar-refractivity contribution < 1.29 is 9.59 Å². The first kappa shape index (κ1) is 22.2. The van der Waals surface area contributed by atoms with Crippen LogP contribution in [0, 0.1) is 0 Å². The van der Waals surface area contributed by atoms with Crippen LogP contribution in [0.25, 0.3) is 12.2 Å². The van der Waals surface area contributed by atoms with Crippen LogP contribution < -0.4 is 10.7 Å². The van der Waals surface area contributed by atoms with Crippen molar-refractivity contribution in [2.45, 2.75) is 6.92 Å². The summed E-state index contributed by atoms with van der Waals surface area (Å²) in [6.07, 6.45) is 5.08. The average molecular weight is 450 g/mol. The van der Waals surface area contributed by atoms with E-state index < -0.39 is 11.8 Å². The summed E-state index contributed by atoms with van der Waals surface area (Å²) in [5.41, 5.74) is 4.69. The van der Waals surface area contributed by atoms with E-state index in [1.165, 1.54) is 11.3 Å². The molecule has 2 amide bonds. The summed E-state index contributed by atoms with van der Waals surface area (Å²) in [5.74, 6) is -1.02. The van der Waals surface area contributed by atoms with E-state index in [9.17, 15) is 9.59 Å². The van der Waals surface area contributed by atoms with Crippen LogP contribution in [0.5, 0.6) is 0 Å². The molecular weight excluding hydrogens is 430 g/mol. The molecule has 0 atom stereocenters. The number of halogens is 1. The van der Waals surface area contributed by atoms with E-state index in [0.717, 1.165) is 16.0 Å². The normalized spacial score (nSPS) is 12.1. The Labute approximate surface area is 189 Å². The van der Waals surface area contributed by atoms with Gasteiger partial charge in [0, 0.05) is 4.88 Å². The fourth-order valence-corrected chi connectivity index (χ4v) is 3.49. The van der Waals surface area contributed by atoms with Gasteiger partial charge in [0.15, 0.2) is 0 Å². The van der Waals surface area contributed by atoms with E-state index in [0.29, 0.717) is 5.02 Å². The van der Waals surface area contributed by atoms with E-state index in [4.69, 9.17) is 11.6 Å². The van der Waals surface area contributed by atoms with Crippen LogP contribution in [0.3, 0.4) is 0 Å². The SMILES string of the molecule is C/C(C=NNC(=O)/C(=C/c1cccs1)NC(=O)c1ccccc1Cl)=C/c1ccccc1. The van der Waals surface area contributed by atoms with Gasteiger partial charge in [-0.3, -0.25) is 9.59 Å². The van der Waals surface area contributed by atoms with Crippen LogP contribution in [0.4, 0.5) is 0 Å². The van der Waals surface area contributed by atoms with Crippen LogP contribution in [0.15, 0.2) is 88.5 Å². The second-order valence-electron chi connectivity index (χ2n) is 6.51. The number of thiophene rings is 1. The van der Waals surface area contributed by atoms with Crippen molar-refractivity contribution in [1.29, 1.82) is 0 Å². The molecule has 0 unspecified atom stereocenters. The first-order chi connectivity index (χ1) is 15.0. The maximum atomic E-state index is 12.7. The first-order valence-electron chi connectivity index (χ1n) is 9.41. The molecule has 5 nitrogen and oxygen atoms in total. The second-order valence-corrected chi connectivity index (χ2v) is 7.89. The number of carbonyl (C=O) groups excluding carboxylic acids is 2. The zero-order valence-corrected chi connectivity index (χ0v) is 18.3. The molecule has 0 saturated carbocycles. The van der Waals surface area contributed by atoms with Crippen LogP contribution in [0.1, 0.15) is 27.7 Å². The van der Waals surface area contributed by atoms with E-state index in [-0.39, 0.29) is 11.3 Å². The van der Waals surface area contributed by atoms with Gasteiger partial charge in [-0.15, -0.1) is 11.3 Å². The molecule has 0 saturated heterocycles. The molecule has 2 N–H and O–H groups in total. The van der Waals surface area contributed by atoms with Crippen LogP contribution in [0.2, 0.25) is 5.02 Å². The Hall–Kier alpha value is -3.48. The number of amides is 2. The van der Waals surface area contributed by atoms with Crippen molar-refractivity contribution in [2.75, 3.05) is 0 Å². The zero-order chi connectivity index (χ0) is 22.1. The smallest absolute Gasteiger partial charge is 0.287 e. The van der Waals surface area contributed by atoms with Crippen LogP contribution in [-0.4, -0.2) is 18.0 Å². The van der Waals surface area contributed by atoms with E-state index in [1.807, 2.05) is 60.8 Å². The lowest BCUT2D eigenvalue weighted by Gasteiger charge is -2.09. The molecule has 0 aliphatic rings. The molecule has 2 aromatic carbocycles. The fourth-order valence-electron chi connectivity index (χ4n) is 2.61. The van der Waals surface area contributed by atoms with Gasteiger partial charge in [-0.2, -0.15) is 5.10 Å². The lowest BCUT2D eigenvalue weighted by atomic mass is 10.1. The number of hydrazone groups is 1. The predicted molar refractivity (Wildman–Crippen MR) is 128 cm³/mol. The lowest BCUT2D eigenvalue weighted by molar-refractivity contribution is -0.117. The van der Waals surface area contributed by atoms with Crippen molar-refractivity contribution in [2.24, 2.45) is 5.10 Å². The molecule has 7 heteroatoms. The van der Waals surface area contributed by atoms with Gasteiger partial charge in [-0.05, 0) is 47.7 Å². The van der Waals surface area contributed by atoms with Gasteiger partial charge >= 0.3 is 0 Å². The number of rotatable bonds is 7. The highest BCUT2D eigenvalue weighted by Crippen LogP contribution is 2.17. The van der Waals surface area contributed by atoms with Crippen molar-refractivity contribution in [3.8, 4) is 0 Å². The highest BCUT2D eigenvalue weighted by molar-refractivity contribution is 7.10. The summed E-state index contributed by atoms with van der Waals surface area (Å²) < 4.78 is 0. The number of hydrogen-bond acceptors (Lipinski definition) is 4. The van der Waals surface area contributed by atoms with Gasteiger partial charge in [0.2, 0.25) is 0 Å². The minimum Gasteiger partial charge on any atom is -0.317 e. The quantitative estimate of drug-likeness (QED) is 0.289. The minimum atomic E-state index is -0.544. The van der Waals surface area contributed by atoms with Crippen LogP contribution in [-0.2, 0) is 4.79 Å². The molecule has 0 spiro atoms. The molecule has 156 valence electrons. The lowest BCUT2D eigenvalue weighted by Crippen LogP contribution is -2.32. The standard InChI is InChI=1S/C24H20ClN3O2S/c1-17(14-18-8-3-2-4-9-18)16-26-28-24(30)22(15-19-10-7-13-31-19)27-23(29)20-11-5-6-12-21(20)25/h2-16H,1H3,(H,27,29)(H,28,30)/b17-14-,22-15-,26-16?. The molecule has 1 heterocycles. The van der Waals surface area contributed by atoms with E-state index in [1.54, 1.807) is 36.6 Å². The van der Waals surface area contributed by atoms with Gasteiger partial charge in [-0.25, -0.2) is 5.43 Å². The number of nitrogens with one attached hydrogen (secondary N) is 2. The van der Waals surface area contributed by atoms with Crippen molar-refractivity contribution >= 4 is 53.1 Å². The predicted octanol–water partition coefficient (Wildman–Crippen LogP) is 5.38. The maximum absolute atomic E-state index is 12.7. The zero-order valence-electron chi connectivity index (χ0n) is 16.7. The summed E-state index contributed by atoms with van der Waals surface area (Å²) >= 11 is 7.54. The molecule has 0 fully saturated rings. The summed E-state index contributed by atoms with van der Waals surface area (Å²) in [7, 11) is 0. The highest BCUT2D eigenvalue weighted by Gasteiger charge is 2.16. The van der Waals surface area contributed by atoms with Gasteiger partial charge in [0.25, 0.3) is 11.8 Å². The first-order valence-corrected chi connectivity index (χ1v) is 10.7. The third-order valence-corrected chi connectivity index (χ3v) is 5.22. The molecule has 0 radical (unpaired) electrons. The molecule has 1 aromatic heterocycles. The summed E-state index contributed by atoms with van der Waals surface area (Å²) in [6, 6.07) is 20.1. The van der Waals surface area contributed by atoms with Gasteiger partial charge in [-0.1, -0.05) is 66.2 Å². The Morgan fingerprint density at radius 1 is 0.968 bits per heavy atom. The van der Waals surface area contributed by atoms with Crippen LogP contribution >= 0.6 is 22.9 Å². The van der Waals surface area contributed by atoms with Crippen molar-refractivity contribution in [3.05, 3.63) is 104 Å². The second kappa shape index (κ2) is 11.1. The number of benzene rings is 2. The van der Waals surface area contributed by atoms with Gasteiger partial charge in [0.1, 0.15) is 5.70 Å². The maximum Gasteiger partial charge on any atom is 0.287 e. The van der Waals surface area contributed by atoms with Crippen molar-refractivity contribution in [3.63, 3.8) is 0 Å². The number of allylic oxidation sites excluding steroid dienone is 1. The number of hydrogen-bond donors (Lipinski definition) is 2. The monoisotopic (exact) mass is 449 g/mol. The molecule has 0 bridgehead atoms. The Morgan fingerprint density at radius 3 is 2.42 bits per heavy atom. The van der Waals surface area contributed by atoms with E-state index in [2.05, 4.69) is 15.8 Å². The average Bonchev–Trinajstić information content (AvgIpc) is 3.27. The largest absolute Gasteiger partial charge is 0.317 e. The molecule has 3 aromatic rings. The van der Waals surface area contributed by atoms with Gasteiger partial charge < -0.3 is 5.32 Å².